The van der Waals surface area contributed by atoms with Gasteiger partial charge in [-0.05, 0) is 44.8 Å². The molecule has 0 radical (unpaired) electrons. The highest BCUT2D eigenvalue weighted by molar-refractivity contribution is 5.65. The smallest absolute Gasteiger partial charge is 0.163 e. The highest BCUT2D eigenvalue weighted by atomic mass is 15.3. The molecule has 0 unspecified atom stereocenters. The summed E-state index contributed by atoms with van der Waals surface area (Å²) < 4.78 is 0. The number of nitriles is 1. The molecule has 7 heteroatoms. The van der Waals surface area contributed by atoms with Crippen LogP contribution in [-0.2, 0) is 0 Å². The molecule has 146 valence electrons. The minimum absolute atomic E-state index is 0.502. The first kappa shape index (κ1) is 18.8. The highest BCUT2D eigenvalue weighted by Crippen LogP contribution is 2.27. The Bertz CT molecular complexity index is 1030. The van der Waals surface area contributed by atoms with E-state index in [4.69, 9.17) is 9.97 Å². The first-order chi connectivity index (χ1) is 14.1. The Balaban J connectivity index is 1.72. The van der Waals surface area contributed by atoms with Crippen LogP contribution >= 0.6 is 0 Å². The first-order valence-electron chi connectivity index (χ1n) is 9.61. The van der Waals surface area contributed by atoms with Crippen LogP contribution in [0.3, 0.4) is 0 Å². The Hall–Kier alpha value is -3.50. The van der Waals surface area contributed by atoms with Crippen LogP contribution in [0.2, 0.25) is 0 Å². The molecule has 1 N–H and O–H groups in total. The lowest BCUT2D eigenvalue weighted by atomic mass is 10.1. The number of aromatic nitrogens is 3. The minimum atomic E-state index is 0.502. The summed E-state index contributed by atoms with van der Waals surface area (Å²) in [6.07, 6.45) is 2.84. The zero-order valence-electron chi connectivity index (χ0n) is 16.6. The maximum atomic E-state index is 9.24. The number of pyridine rings is 1. The van der Waals surface area contributed by atoms with E-state index in [1.54, 1.807) is 12.3 Å². The molecule has 3 heterocycles. The van der Waals surface area contributed by atoms with E-state index in [-0.39, 0.29) is 0 Å². The summed E-state index contributed by atoms with van der Waals surface area (Å²) in [6.45, 7) is 1.87. The monoisotopic (exact) mass is 385 g/mol. The van der Waals surface area contributed by atoms with Gasteiger partial charge in [-0.25, -0.2) is 15.0 Å². The first-order valence-corrected chi connectivity index (χ1v) is 9.61. The third-order valence-corrected chi connectivity index (χ3v) is 5.10. The number of anilines is 3. The van der Waals surface area contributed by atoms with Gasteiger partial charge in [0, 0.05) is 37.0 Å². The third kappa shape index (κ3) is 4.33. The lowest BCUT2D eigenvalue weighted by Gasteiger charge is -2.22. The van der Waals surface area contributed by atoms with E-state index in [1.165, 1.54) is 0 Å². The molecule has 1 saturated heterocycles. The number of rotatable bonds is 5. The third-order valence-electron chi connectivity index (χ3n) is 5.10. The zero-order chi connectivity index (χ0) is 20.2. The standard InChI is InChI=1S/C22H23N7/c1-28(2)18-9-11-29(15-18)21-13-20(25-19-8-3-4-10-24-19)26-22(27-21)17-7-5-6-16(12-17)14-23/h3-8,10,12-13,18H,9,11,15H2,1-2H3,(H,24,25,26,27)/t18-/m1/s1. The summed E-state index contributed by atoms with van der Waals surface area (Å²) in [5.74, 6) is 2.87. The number of benzene rings is 1. The second-order valence-electron chi connectivity index (χ2n) is 7.32. The van der Waals surface area contributed by atoms with Crippen LogP contribution in [0.15, 0.2) is 54.7 Å². The quantitative estimate of drug-likeness (QED) is 0.722. The summed E-state index contributed by atoms with van der Waals surface area (Å²) >= 11 is 0. The molecule has 0 saturated carbocycles. The fraction of sp³-hybridized carbons (Fsp3) is 0.273. The fourth-order valence-corrected chi connectivity index (χ4v) is 3.46. The van der Waals surface area contributed by atoms with Crippen molar-refractivity contribution in [2.75, 3.05) is 37.4 Å². The SMILES string of the molecule is CN(C)[C@@H]1CCN(c2cc(Nc3ccccn3)nc(-c3cccc(C#N)c3)n2)C1. The molecule has 2 aromatic heterocycles. The van der Waals surface area contributed by atoms with Crippen LogP contribution in [0, 0.1) is 11.3 Å². The summed E-state index contributed by atoms with van der Waals surface area (Å²) in [4.78, 5) is 18.4. The summed E-state index contributed by atoms with van der Waals surface area (Å²) in [5.41, 5.74) is 1.41. The molecule has 1 atom stereocenters. The predicted molar refractivity (Wildman–Crippen MR) is 114 cm³/mol. The maximum absolute atomic E-state index is 9.24. The molecule has 3 aromatic rings. The van der Waals surface area contributed by atoms with E-state index < -0.39 is 0 Å². The Morgan fingerprint density at radius 3 is 2.72 bits per heavy atom. The Morgan fingerprint density at radius 2 is 2.00 bits per heavy atom. The van der Waals surface area contributed by atoms with Gasteiger partial charge in [-0.1, -0.05) is 18.2 Å². The lowest BCUT2D eigenvalue weighted by Crippen LogP contribution is -2.31. The zero-order valence-corrected chi connectivity index (χ0v) is 16.6. The van der Waals surface area contributed by atoms with Gasteiger partial charge in [-0.15, -0.1) is 0 Å². The minimum Gasteiger partial charge on any atom is -0.355 e. The highest BCUT2D eigenvalue weighted by Gasteiger charge is 2.25. The Morgan fingerprint density at radius 1 is 1.10 bits per heavy atom. The normalized spacial score (nSPS) is 16.1. The van der Waals surface area contributed by atoms with Crippen molar-refractivity contribution in [2.45, 2.75) is 12.5 Å². The molecule has 0 bridgehead atoms. The van der Waals surface area contributed by atoms with E-state index in [0.29, 0.717) is 23.2 Å². The average Bonchev–Trinajstić information content (AvgIpc) is 3.25. The van der Waals surface area contributed by atoms with E-state index in [1.807, 2.05) is 42.5 Å². The van der Waals surface area contributed by atoms with Gasteiger partial charge in [0.15, 0.2) is 5.82 Å². The number of likely N-dealkylation sites (N-methyl/N-ethyl adjacent to an activating group) is 1. The molecule has 1 aliphatic heterocycles. The van der Waals surface area contributed by atoms with Gasteiger partial charge in [0.1, 0.15) is 17.5 Å². The molecule has 7 nitrogen and oxygen atoms in total. The summed E-state index contributed by atoms with van der Waals surface area (Å²) in [7, 11) is 4.22. The Kier molecular flexibility index (Phi) is 5.36. The van der Waals surface area contributed by atoms with Crippen molar-refractivity contribution in [3.63, 3.8) is 0 Å². The molecule has 0 aliphatic carbocycles. The number of nitrogens with zero attached hydrogens (tertiary/aromatic N) is 6. The fourth-order valence-electron chi connectivity index (χ4n) is 3.46. The van der Waals surface area contributed by atoms with Crippen molar-refractivity contribution in [3.8, 4) is 17.5 Å². The van der Waals surface area contributed by atoms with Gasteiger partial charge in [-0.2, -0.15) is 5.26 Å². The van der Waals surface area contributed by atoms with Gasteiger partial charge in [-0.3, -0.25) is 0 Å². The van der Waals surface area contributed by atoms with E-state index in [0.717, 1.165) is 36.7 Å². The van der Waals surface area contributed by atoms with E-state index >= 15 is 0 Å². The van der Waals surface area contributed by atoms with Crippen LogP contribution in [0.4, 0.5) is 17.5 Å². The molecule has 1 aromatic carbocycles. The van der Waals surface area contributed by atoms with Crippen LogP contribution in [0.1, 0.15) is 12.0 Å². The number of nitrogens with one attached hydrogen (secondary N) is 1. The van der Waals surface area contributed by atoms with Crippen LogP contribution < -0.4 is 10.2 Å². The van der Waals surface area contributed by atoms with Crippen LogP contribution in [0.5, 0.6) is 0 Å². The molecule has 1 fully saturated rings. The van der Waals surface area contributed by atoms with Gasteiger partial charge >= 0.3 is 0 Å². The van der Waals surface area contributed by atoms with E-state index in [9.17, 15) is 5.26 Å². The van der Waals surface area contributed by atoms with Crippen molar-refractivity contribution in [2.24, 2.45) is 0 Å². The summed E-state index contributed by atoms with van der Waals surface area (Å²) in [6, 6.07) is 17.7. The van der Waals surface area contributed by atoms with E-state index in [2.05, 4.69) is 40.3 Å². The van der Waals surface area contributed by atoms with Crippen molar-refractivity contribution >= 4 is 17.5 Å². The van der Waals surface area contributed by atoms with Gasteiger partial charge in [0.2, 0.25) is 0 Å². The van der Waals surface area contributed by atoms with Crippen LogP contribution in [-0.4, -0.2) is 53.1 Å². The van der Waals surface area contributed by atoms with Crippen molar-refractivity contribution in [3.05, 3.63) is 60.3 Å². The molecule has 1 aliphatic rings. The number of hydrogen-bond acceptors (Lipinski definition) is 7. The molecule has 0 spiro atoms. The Labute approximate surface area is 170 Å². The molecular formula is C22H23N7. The average molecular weight is 385 g/mol. The van der Waals surface area contributed by atoms with Crippen molar-refractivity contribution in [1.29, 1.82) is 5.26 Å². The van der Waals surface area contributed by atoms with Gasteiger partial charge in [0.05, 0.1) is 11.6 Å². The largest absolute Gasteiger partial charge is 0.355 e. The predicted octanol–water partition coefficient (Wildman–Crippen LogP) is 3.29. The second kappa shape index (κ2) is 8.25. The molecule has 4 rings (SSSR count). The lowest BCUT2D eigenvalue weighted by molar-refractivity contribution is 0.315. The van der Waals surface area contributed by atoms with Gasteiger partial charge in [0.25, 0.3) is 0 Å². The summed E-state index contributed by atoms with van der Waals surface area (Å²) in [5, 5.41) is 12.5. The molecule has 0 amide bonds. The van der Waals surface area contributed by atoms with Crippen molar-refractivity contribution < 1.29 is 0 Å². The van der Waals surface area contributed by atoms with Crippen molar-refractivity contribution in [1.82, 2.24) is 19.9 Å². The van der Waals surface area contributed by atoms with Gasteiger partial charge < -0.3 is 15.1 Å². The topological polar surface area (TPSA) is 81.0 Å². The molecule has 29 heavy (non-hydrogen) atoms. The van der Waals surface area contributed by atoms with Crippen LogP contribution in [0.25, 0.3) is 11.4 Å². The molecular weight excluding hydrogens is 362 g/mol. The second-order valence-corrected chi connectivity index (χ2v) is 7.32. The maximum Gasteiger partial charge on any atom is 0.163 e. The number of hydrogen-bond donors (Lipinski definition) is 1.